The van der Waals surface area contributed by atoms with Crippen molar-refractivity contribution in [1.82, 2.24) is 5.32 Å². The van der Waals surface area contributed by atoms with Crippen molar-refractivity contribution in [1.29, 1.82) is 0 Å². The summed E-state index contributed by atoms with van der Waals surface area (Å²) in [5, 5.41) is 7.58. The molecule has 1 fully saturated rings. The molecule has 2 N–H and O–H groups in total. The standard InChI is InChI=1S/C13H18N2OS/c1-8-10-5-6-14-7-11(10)17-13(8)15-12(16)9-3-2-4-9/h9,14H,2-7H2,1H3,(H,15,16). The van der Waals surface area contributed by atoms with E-state index < -0.39 is 0 Å². The molecule has 1 saturated carbocycles. The van der Waals surface area contributed by atoms with Gasteiger partial charge in [0.05, 0.1) is 5.00 Å². The molecule has 2 aliphatic rings. The molecule has 4 heteroatoms. The van der Waals surface area contributed by atoms with Gasteiger partial charge in [0.15, 0.2) is 0 Å². The van der Waals surface area contributed by atoms with Gasteiger partial charge in [-0.15, -0.1) is 11.3 Å². The SMILES string of the molecule is Cc1c(NC(=O)C2CCC2)sc2c1CCNC2. The Labute approximate surface area is 106 Å². The minimum absolute atomic E-state index is 0.228. The van der Waals surface area contributed by atoms with E-state index in [1.165, 1.54) is 22.4 Å². The van der Waals surface area contributed by atoms with Crippen LogP contribution in [-0.2, 0) is 17.8 Å². The number of carbonyl (C=O) groups is 1. The molecular weight excluding hydrogens is 232 g/mol. The van der Waals surface area contributed by atoms with Crippen LogP contribution in [0.4, 0.5) is 5.00 Å². The number of hydrogen-bond donors (Lipinski definition) is 2. The molecule has 0 unspecified atom stereocenters. The van der Waals surface area contributed by atoms with E-state index in [1.54, 1.807) is 11.3 Å². The van der Waals surface area contributed by atoms with Crippen LogP contribution in [0.15, 0.2) is 0 Å². The summed E-state index contributed by atoms with van der Waals surface area (Å²) < 4.78 is 0. The molecular formula is C13H18N2OS. The van der Waals surface area contributed by atoms with Gasteiger partial charge < -0.3 is 10.6 Å². The lowest BCUT2D eigenvalue weighted by molar-refractivity contribution is -0.122. The molecule has 0 bridgehead atoms. The highest BCUT2D eigenvalue weighted by Gasteiger charge is 2.27. The van der Waals surface area contributed by atoms with Gasteiger partial charge in [-0.3, -0.25) is 4.79 Å². The highest BCUT2D eigenvalue weighted by atomic mass is 32.1. The van der Waals surface area contributed by atoms with Crippen LogP contribution in [0.5, 0.6) is 0 Å². The van der Waals surface area contributed by atoms with Gasteiger partial charge >= 0.3 is 0 Å². The molecule has 1 aromatic heterocycles. The zero-order valence-electron chi connectivity index (χ0n) is 10.1. The highest BCUT2D eigenvalue weighted by molar-refractivity contribution is 7.16. The van der Waals surface area contributed by atoms with Crippen LogP contribution in [0, 0.1) is 12.8 Å². The van der Waals surface area contributed by atoms with E-state index in [-0.39, 0.29) is 11.8 Å². The molecule has 1 aliphatic carbocycles. The lowest BCUT2D eigenvalue weighted by Gasteiger charge is -2.23. The summed E-state index contributed by atoms with van der Waals surface area (Å²) in [6.45, 7) is 4.15. The zero-order chi connectivity index (χ0) is 11.8. The number of anilines is 1. The van der Waals surface area contributed by atoms with Gasteiger partial charge in [-0.25, -0.2) is 0 Å². The number of nitrogens with one attached hydrogen (secondary N) is 2. The monoisotopic (exact) mass is 250 g/mol. The van der Waals surface area contributed by atoms with Gasteiger partial charge in [0, 0.05) is 17.3 Å². The fraction of sp³-hybridized carbons (Fsp3) is 0.615. The average Bonchev–Trinajstić information content (AvgIpc) is 2.54. The van der Waals surface area contributed by atoms with Gasteiger partial charge in [0.1, 0.15) is 0 Å². The van der Waals surface area contributed by atoms with Crippen LogP contribution in [-0.4, -0.2) is 12.5 Å². The van der Waals surface area contributed by atoms with E-state index in [0.29, 0.717) is 0 Å². The van der Waals surface area contributed by atoms with E-state index in [4.69, 9.17) is 0 Å². The summed E-state index contributed by atoms with van der Waals surface area (Å²) >= 11 is 1.75. The van der Waals surface area contributed by atoms with Crippen LogP contribution in [0.3, 0.4) is 0 Å². The fourth-order valence-corrected chi connectivity index (χ4v) is 3.72. The molecule has 1 amide bonds. The first-order valence-electron chi connectivity index (χ1n) is 6.38. The Kier molecular flexibility index (Phi) is 2.92. The Balaban J connectivity index is 1.78. The lowest BCUT2D eigenvalue weighted by Crippen LogP contribution is -2.27. The topological polar surface area (TPSA) is 41.1 Å². The number of fused-ring (bicyclic) bond motifs is 1. The molecule has 0 atom stereocenters. The second-order valence-electron chi connectivity index (χ2n) is 5.00. The molecule has 17 heavy (non-hydrogen) atoms. The first-order valence-corrected chi connectivity index (χ1v) is 7.20. The Morgan fingerprint density at radius 3 is 2.94 bits per heavy atom. The molecule has 0 saturated heterocycles. The van der Waals surface area contributed by atoms with Gasteiger partial charge in [0.2, 0.25) is 5.91 Å². The van der Waals surface area contributed by atoms with Gasteiger partial charge in [-0.2, -0.15) is 0 Å². The molecule has 1 aliphatic heterocycles. The number of hydrogen-bond acceptors (Lipinski definition) is 3. The van der Waals surface area contributed by atoms with Gasteiger partial charge in [0.25, 0.3) is 0 Å². The van der Waals surface area contributed by atoms with Gasteiger partial charge in [-0.05, 0) is 43.9 Å². The van der Waals surface area contributed by atoms with E-state index >= 15 is 0 Å². The zero-order valence-corrected chi connectivity index (χ0v) is 11.0. The maximum atomic E-state index is 11.9. The molecule has 0 aromatic carbocycles. The second-order valence-corrected chi connectivity index (χ2v) is 6.11. The summed E-state index contributed by atoms with van der Waals surface area (Å²) in [4.78, 5) is 13.3. The van der Waals surface area contributed by atoms with Crippen LogP contribution < -0.4 is 10.6 Å². The minimum Gasteiger partial charge on any atom is -0.317 e. The van der Waals surface area contributed by atoms with Gasteiger partial charge in [-0.1, -0.05) is 6.42 Å². The Bertz CT molecular complexity index is 449. The molecule has 1 aromatic rings. The Morgan fingerprint density at radius 2 is 2.29 bits per heavy atom. The van der Waals surface area contributed by atoms with E-state index in [0.717, 1.165) is 37.4 Å². The summed E-state index contributed by atoms with van der Waals surface area (Å²) in [6, 6.07) is 0. The van der Waals surface area contributed by atoms with Crippen molar-refractivity contribution < 1.29 is 4.79 Å². The smallest absolute Gasteiger partial charge is 0.228 e. The average molecular weight is 250 g/mol. The number of rotatable bonds is 2. The maximum Gasteiger partial charge on any atom is 0.228 e. The first-order chi connectivity index (χ1) is 8.25. The van der Waals surface area contributed by atoms with Crippen molar-refractivity contribution in [2.45, 2.75) is 39.2 Å². The van der Waals surface area contributed by atoms with Crippen LogP contribution in [0.1, 0.15) is 35.3 Å². The molecule has 0 radical (unpaired) electrons. The van der Waals surface area contributed by atoms with Crippen molar-refractivity contribution >= 4 is 22.2 Å². The summed E-state index contributed by atoms with van der Waals surface area (Å²) in [5.41, 5.74) is 2.75. The maximum absolute atomic E-state index is 11.9. The van der Waals surface area contributed by atoms with Crippen molar-refractivity contribution in [3.63, 3.8) is 0 Å². The van der Waals surface area contributed by atoms with Crippen LogP contribution >= 0.6 is 11.3 Å². The van der Waals surface area contributed by atoms with Crippen molar-refractivity contribution in [3.05, 3.63) is 16.0 Å². The second kappa shape index (κ2) is 4.42. The number of carbonyl (C=O) groups excluding carboxylic acids is 1. The lowest BCUT2D eigenvalue weighted by atomic mass is 9.85. The predicted octanol–water partition coefficient (Wildman–Crippen LogP) is 2.44. The predicted molar refractivity (Wildman–Crippen MR) is 70.4 cm³/mol. The highest BCUT2D eigenvalue weighted by Crippen LogP contribution is 2.36. The molecule has 2 heterocycles. The third kappa shape index (κ3) is 2.00. The molecule has 0 spiro atoms. The molecule has 3 nitrogen and oxygen atoms in total. The van der Waals surface area contributed by atoms with Crippen molar-refractivity contribution in [3.8, 4) is 0 Å². The quantitative estimate of drug-likeness (QED) is 0.846. The summed E-state index contributed by atoms with van der Waals surface area (Å²) in [5.74, 6) is 0.498. The van der Waals surface area contributed by atoms with Crippen molar-refractivity contribution in [2.24, 2.45) is 5.92 Å². The van der Waals surface area contributed by atoms with E-state index in [2.05, 4.69) is 17.6 Å². The van der Waals surface area contributed by atoms with Crippen LogP contribution in [0.2, 0.25) is 0 Å². The fourth-order valence-electron chi connectivity index (χ4n) is 2.50. The number of thiophene rings is 1. The van der Waals surface area contributed by atoms with E-state index in [1.807, 2.05) is 0 Å². The van der Waals surface area contributed by atoms with Crippen LogP contribution in [0.25, 0.3) is 0 Å². The largest absolute Gasteiger partial charge is 0.317 e. The third-order valence-electron chi connectivity index (χ3n) is 3.91. The van der Waals surface area contributed by atoms with E-state index in [9.17, 15) is 4.79 Å². The molecule has 92 valence electrons. The summed E-state index contributed by atoms with van der Waals surface area (Å²) in [7, 11) is 0. The van der Waals surface area contributed by atoms with Crippen molar-refractivity contribution in [2.75, 3.05) is 11.9 Å². The Morgan fingerprint density at radius 1 is 1.47 bits per heavy atom. The number of amides is 1. The third-order valence-corrected chi connectivity index (χ3v) is 5.15. The summed E-state index contributed by atoms with van der Waals surface area (Å²) in [6.07, 6.45) is 4.44. The normalized spacial score (nSPS) is 19.6. The Hall–Kier alpha value is -0.870. The first kappa shape index (κ1) is 11.2. The minimum atomic E-state index is 0.228. The molecule has 3 rings (SSSR count).